The molecular formula is C14H21NO4. The zero-order valence-corrected chi connectivity index (χ0v) is 11.8. The molecule has 0 aliphatic carbocycles. The van der Waals surface area contributed by atoms with E-state index in [0.29, 0.717) is 24.3 Å². The maximum atomic E-state index is 12.0. The first-order chi connectivity index (χ1) is 8.75. The Bertz CT molecular complexity index is 460. The molecule has 0 saturated heterocycles. The van der Waals surface area contributed by atoms with Gasteiger partial charge in [-0.15, -0.1) is 0 Å². The molecule has 0 radical (unpaired) electrons. The summed E-state index contributed by atoms with van der Waals surface area (Å²) in [5, 5.41) is 11.7. The molecule has 0 atom stereocenters. The van der Waals surface area contributed by atoms with Gasteiger partial charge in [0, 0.05) is 12.5 Å². The Kier molecular flexibility index (Phi) is 4.75. The molecular weight excluding hydrogens is 246 g/mol. The second-order valence-corrected chi connectivity index (χ2v) is 5.55. The molecule has 1 amide bonds. The Balaban J connectivity index is 2.57. The fourth-order valence-electron chi connectivity index (χ4n) is 1.65. The molecule has 1 aromatic rings. The summed E-state index contributed by atoms with van der Waals surface area (Å²) in [7, 11) is 0. The second kappa shape index (κ2) is 5.91. The molecule has 19 heavy (non-hydrogen) atoms. The van der Waals surface area contributed by atoms with Crippen molar-refractivity contribution in [3.63, 3.8) is 0 Å². The number of aliphatic carboxylic acids is 1. The highest BCUT2D eigenvalue weighted by Crippen LogP contribution is 2.21. The first-order valence-electron chi connectivity index (χ1n) is 6.34. The molecule has 0 unspecified atom stereocenters. The fourth-order valence-corrected chi connectivity index (χ4v) is 1.65. The molecule has 2 N–H and O–H groups in total. The van der Waals surface area contributed by atoms with Gasteiger partial charge in [-0.25, -0.2) is 0 Å². The van der Waals surface area contributed by atoms with Crippen LogP contribution in [0.4, 0.5) is 0 Å². The van der Waals surface area contributed by atoms with Gasteiger partial charge in [-0.05, 0) is 26.3 Å². The summed E-state index contributed by atoms with van der Waals surface area (Å²) in [6.45, 7) is 7.49. The lowest BCUT2D eigenvalue weighted by molar-refractivity contribution is -0.147. The summed E-state index contributed by atoms with van der Waals surface area (Å²) in [5.74, 6) is -0.312. The molecule has 0 bridgehead atoms. The lowest BCUT2D eigenvalue weighted by atomic mass is 9.89. The highest BCUT2D eigenvalue weighted by Gasteiger charge is 2.27. The van der Waals surface area contributed by atoms with Crippen LogP contribution in [0.1, 0.15) is 56.2 Å². The van der Waals surface area contributed by atoms with Crippen LogP contribution in [0, 0.1) is 5.41 Å². The molecule has 1 aromatic heterocycles. The van der Waals surface area contributed by atoms with Crippen LogP contribution < -0.4 is 5.32 Å². The molecule has 0 fully saturated rings. The molecule has 106 valence electrons. The van der Waals surface area contributed by atoms with Crippen molar-refractivity contribution in [3.8, 4) is 0 Å². The van der Waals surface area contributed by atoms with Crippen molar-refractivity contribution in [1.29, 1.82) is 0 Å². The minimum absolute atomic E-state index is 0.131. The molecule has 0 saturated carbocycles. The highest BCUT2D eigenvalue weighted by atomic mass is 16.4. The average molecular weight is 267 g/mol. The first kappa shape index (κ1) is 15.3. The molecule has 0 aromatic carbocycles. The van der Waals surface area contributed by atoms with E-state index >= 15 is 0 Å². The van der Waals surface area contributed by atoms with Crippen molar-refractivity contribution >= 4 is 11.9 Å². The van der Waals surface area contributed by atoms with E-state index in [-0.39, 0.29) is 11.8 Å². The zero-order chi connectivity index (χ0) is 14.6. The van der Waals surface area contributed by atoms with Crippen LogP contribution in [0.25, 0.3) is 0 Å². The number of carboxylic acids is 1. The lowest BCUT2D eigenvalue weighted by Gasteiger charge is -2.18. The maximum absolute atomic E-state index is 12.0. The number of rotatable bonds is 6. The summed E-state index contributed by atoms with van der Waals surface area (Å²) in [5.41, 5.74) is -0.326. The maximum Gasteiger partial charge on any atom is 0.309 e. The minimum atomic E-state index is -0.868. The largest absolute Gasteiger partial charge is 0.481 e. The second-order valence-electron chi connectivity index (χ2n) is 5.55. The topological polar surface area (TPSA) is 79.5 Å². The van der Waals surface area contributed by atoms with Gasteiger partial charge in [0.15, 0.2) is 0 Å². The Labute approximate surface area is 113 Å². The number of carbonyl (C=O) groups is 2. The number of hydrogen-bond donors (Lipinski definition) is 2. The third kappa shape index (κ3) is 3.84. The van der Waals surface area contributed by atoms with Crippen molar-refractivity contribution < 1.29 is 19.1 Å². The Morgan fingerprint density at radius 2 is 2.05 bits per heavy atom. The first-order valence-corrected chi connectivity index (χ1v) is 6.34. The molecule has 5 nitrogen and oxygen atoms in total. The number of carboxylic acid groups (broad SMARTS) is 1. The van der Waals surface area contributed by atoms with Gasteiger partial charge in [-0.2, -0.15) is 0 Å². The van der Waals surface area contributed by atoms with Gasteiger partial charge in [0.1, 0.15) is 5.76 Å². The van der Waals surface area contributed by atoms with Gasteiger partial charge in [0.25, 0.3) is 5.91 Å². The Morgan fingerprint density at radius 1 is 1.42 bits per heavy atom. The van der Waals surface area contributed by atoms with Crippen molar-refractivity contribution in [2.45, 2.75) is 40.0 Å². The highest BCUT2D eigenvalue weighted by molar-refractivity contribution is 5.95. The number of carbonyl (C=O) groups excluding carboxylic acids is 1. The third-order valence-corrected chi connectivity index (χ3v) is 3.08. The van der Waals surface area contributed by atoms with E-state index in [1.165, 1.54) is 6.26 Å². The molecule has 0 spiro atoms. The van der Waals surface area contributed by atoms with E-state index < -0.39 is 11.4 Å². The smallest absolute Gasteiger partial charge is 0.309 e. The van der Waals surface area contributed by atoms with Gasteiger partial charge in [0.2, 0.25) is 0 Å². The standard InChI is InChI=1S/C14H21NO4/c1-9(2)11-10(5-8-19-11)12(16)15-7-6-14(3,4)13(17)18/h5,8-9H,6-7H2,1-4H3,(H,15,16)(H,17,18). The summed E-state index contributed by atoms with van der Waals surface area (Å²) in [6.07, 6.45) is 1.87. The number of nitrogens with one attached hydrogen (secondary N) is 1. The Hall–Kier alpha value is -1.78. The lowest BCUT2D eigenvalue weighted by Crippen LogP contribution is -2.32. The van der Waals surface area contributed by atoms with Gasteiger partial charge < -0.3 is 14.8 Å². The molecule has 1 heterocycles. The van der Waals surface area contributed by atoms with Gasteiger partial charge >= 0.3 is 5.97 Å². The average Bonchev–Trinajstić information content (AvgIpc) is 2.77. The van der Waals surface area contributed by atoms with Gasteiger partial charge in [0.05, 0.1) is 17.2 Å². The fraction of sp³-hybridized carbons (Fsp3) is 0.571. The van der Waals surface area contributed by atoms with E-state index in [1.807, 2.05) is 13.8 Å². The predicted molar refractivity (Wildman–Crippen MR) is 71.2 cm³/mol. The van der Waals surface area contributed by atoms with E-state index in [0.717, 1.165) is 0 Å². The normalized spacial score (nSPS) is 11.6. The molecule has 1 rings (SSSR count). The molecule has 5 heteroatoms. The van der Waals surface area contributed by atoms with Crippen molar-refractivity contribution in [1.82, 2.24) is 5.32 Å². The van der Waals surface area contributed by atoms with E-state index in [1.54, 1.807) is 19.9 Å². The van der Waals surface area contributed by atoms with Crippen LogP contribution >= 0.6 is 0 Å². The van der Waals surface area contributed by atoms with Crippen molar-refractivity contribution in [2.24, 2.45) is 5.41 Å². The van der Waals surface area contributed by atoms with Crippen LogP contribution in [0.15, 0.2) is 16.7 Å². The summed E-state index contributed by atoms with van der Waals surface area (Å²) < 4.78 is 5.28. The minimum Gasteiger partial charge on any atom is -0.481 e. The monoisotopic (exact) mass is 267 g/mol. The van der Waals surface area contributed by atoms with Crippen LogP contribution in [0.5, 0.6) is 0 Å². The zero-order valence-electron chi connectivity index (χ0n) is 11.8. The Morgan fingerprint density at radius 3 is 2.58 bits per heavy atom. The van der Waals surface area contributed by atoms with Gasteiger partial charge in [-0.3, -0.25) is 9.59 Å². The summed E-state index contributed by atoms with van der Waals surface area (Å²) in [6, 6.07) is 1.63. The van der Waals surface area contributed by atoms with E-state index in [9.17, 15) is 9.59 Å². The van der Waals surface area contributed by atoms with Crippen LogP contribution in [0.2, 0.25) is 0 Å². The molecule has 0 aliphatic rings. The number of furan rings is 1. The summed E-state index contributed by atoms with van der Waals surface area (Å²) >= 11 is 0. The van der Waals surface area contributed by atoms with Crippen molar-refractivity contribution in [3.05, 3.63) is 23.7 Å². The summed E-state index contributed by atoms with van der Waals surface area (Å²) in [4.78, 5) is 22.9. The van der Waals surface area contributed by atoms with Crippen LogP contribution in [-0.2, 0) is 4.79 Å². The SMILES string of the molecule is CC(C)c1occc1C(=O)NCCC(C)(C)C(=O)O. The third-order valence-electron chi connectivity index (χ3n) is 3.08. The number of amides is 1. The molecule has 0 aliphatic heterocycles. The van der Waals surface area contributed by atoms with Crippen molar-refractivity contribution in [2.75, 3.05) is 6.54 Å². The van der Waals surface area contributed by atoms with E-state index in [4.69, 9.17) is 9.52 Å². The van der Waals surface area contributed by atoms with Crippen LogP contribution in [0.3, 0.4) is 0 Å². The van der Waals surface area contributed by atoms with E-state index in [2.05, 4.69) is 5.32 Å². The van der Waals surface area contributed by atoms with Gasteiger partial charge in [-0.1, -0.05) is 13.8 Å². The number of hydrogen-bond acceptors (Lipinski definition) is 3. The predicted octanol–water partition coefficient (Wildman–Crippen LogP) is 2.63. The quantitative estimate of drug-likeness (QED) is 0.830. The van der Waals surface area contributed by atoms with Crippen LogP contribution in [-0.4, -0.2) is 23.5 Å².